The van der Waals surface area contributed by atoms with Gasteiger partial charge in [0, 0.05) is 30.5 Å². The summed E-state index contributed by atoms with van der Waals surface area (Å²) in [5.41, 5.74) is 1.03. The molecule has 7 nitrogen and oxygen atoms in total. The van der Waals surface area contributed by atoms with E-state index < -0.39 is 22.6 Å². The first-order valence-electron chi connectivity index (χ1n) is 14.1. The first-order valence-corrected chi connectivity index (χ1v) is 14.9. The molecule has 1 aliphatic carbocycles. The average molecular weight is 528 g/mol. The van der Waals surface area contributed by atoms with E-state index >= 15 is 0 Å². The van der Waals surface area contributed by atoms with Gasteiger partial charge in [0.1, 0.15) is 6.04 Å². The largest absolute Gasteiger partial charge is 0.396 e. The first kappa shape index (κ1) is 26.5. The molecule has 8 heteroatoms. The van der Waals surface area contributed by atoms with Crippen LogP contribution in [0.5, 0.6) is 0 Å². The Labute approximate surface area is 224 Å². The highest BCUT2D eigenvalue weighted by Gasteiger charge is 2.77. The van der Waals surface area contributed by atoms with Crippen LogP contribution in [-0.4, -0.2) is 62.5 Å². The van der Waals surface area contributed by atoms with Gasteiger partial charge >= 0.3 is 0 Å². The molecule has 5 atom stereocenters. The summed E-state index contributed by atoms with van der Waals surface area (Å²) < 4.78 is -0.913. The van der Waals surface area contributed by atoms with Gasteiger partial charge in [0.05, 0.1) is 16.6 Å². The number of rotatable bonds is 10. The molecular formula is C29H41N3O4S. The molecule has 0 radical (unpaired) electrons. The van der Waals surface area contributed by atoms with Gasteiger partial charge in [-0.15, -0.1) is 11.8 Å². The van der Waals surface area contributed by atoms with Crippen LogP contribution in [0.15, 0.2) is 30.3 Å². The normalized spacial score (nSPS) is 33.0. The van der Waals surface area contributed by atoms with Crippen LogP contribution in [-0.2, 0) is 20.9 Å². The Morgan fingerprint density at radius 1 is 1.05 bits per heavy atom. The lowest BCUT2D eigenvalue weighted by molar-refractivity contribution is -0.140. The van der Waals surface area contributed by atoms with Gasteiger partial charge in [0.2, 0.25) is 17.7 Å². The predicted octanol–water partition coefficient (Wildman–Crippen LogP) is 3.40. The van der Waals surface area contributed by atoms with Gasteiger partial charge in [-0.3, -0.25) is 14.4 Å². The number of unbranched alkanes of at least 4 members (excludes halogenated alkanes) is 2. The van der Waals surface area contributed by atoms with Gasteiger partial charge in [-0.05, 0) is 57.4 Å². The molecule has 37 heavy (non-hydrogen) atoms. The van der Waals surface area contributed by atoms with Crippen LogP contribution in [0.25, 0.3) is 0 Å². The summed E-state index contributed by atoms with van der Waals surface area (Å²) in [6.45, 7) is 3.17. The number of nitrogens with one attached hydrogen (secondary N) is 2. The highest BCUT2D eigenvalue weighted by atomic mass is 32.2. The van der Waals surface area contributed by atoms with Crippen molar-refractivity contribution in [2.24, 2.45) is 11.8 Å². The molecule has 2 bridgehead atoms. The minimum atomic E-state index is -0.559. The zero-order chi connectivity index (χ0) is 26.0. The number of aliphatic hydroxyl groups excluding tert-OH is 1. The molecule has 3 saturated heterocycles. The van der Waals surface area contributed by atoms with E-state index in [0.29, 0.717) is 19.5 Å². The molecule has 1 aromatic rings. The minimum Gasteiger partial charge on any atom is -0.396 e. The van der Waals surface area contributed by atoms with Crippen molar-refractivity contribution >= 4 is 29.5 Å². The fourth-order valence-electron chi connectivity index (χ4n) is 7.36. The quantitative estimate of drug-likeness (QED) is 0.405. The molecule has 3 aliphatic heterocycles. The number of benzene rings is 1. The number of nitrogens with zero attached hydrogens (tertiary/aromatic N) is 1. The maximum atomic E-state index is 14.1. The molecule has 1 aromatic carbocycles. The van der Waals surface area contributed by atoms with Gasteiger partial charge in [0.25, 0.3) is 0 Å². The molecule has 3 heterocycles. The lowest BCUT2D eigenvalue weighted by atomic mass is 9.66. The molecule has 4 fully saturated rings. The third kappa shape index (κ3) is 4.91. The van der Waals surface area contributed by atoms with E-state index in [4.69, 9.17) is 0 Å². The van der Waals surface area contributed by atoms with Crippen LogP contribution >= 0.6 is 11.8 Å². The zero-order valence-electron chi connectivity index (χ0n) is 21.9. The predicted molar refractivity (Wildman–Crippen MR) is 145 cm³/mol. The van der Waals surface area contributed by atoms with Gasteiger partial charge < -0.3 is 20.6 Å². The number of thioether (sulfide) groups is 1. The second-order valence-electron chi connectivity index (χ2n) is 11.6. The Kier molecular flexibility index (Phi) is 7.87. The fourth-order valence-corrected chi connectivity index (χ4v) is 9.72. The zero-order valence-corrected chi connectivity index (χ0v) is 22.7. The number of likely N-dealkylation sites (tertiary alicyclic amines) is 1. The third-order valence-electron chi connectivity index (χ3n) is 9.13. The highest BCUT2D eigenvalue weighted by molar-refractivity contribution is 8.02. The van der Waals surface area contributed by atoms with E-state index in [1.54, 1.807) is 16.7 Å². The van der Waals surface area contributed by atoms with E-state index in [0.717, 1.165) is 56.9 Å². The van der Waals surface area contributed by atoms with E-state index in [1.165, 1.54) is 6.42 Å². The van der Waals surface area contributed by atoms with Crippen LogP contribution in [0.4, 0.5) is 0 Å². The summed E-state index contributed by atoms with van der Waals surface area (Å²) in [7, 11) is 0. The second kappa shape index (κ2) is 11.0. The molecule has 0 aromatic heterocycles. The van der Waals surface area contributed by atoms with Crippen molar-refractivity contribution in [2.45, 2.75) is 99.3 Å². The van der Waals surface area contributed by atoms with Crippen molar-refractivity contribution in [3.8, 4) is 0 Å². The van der Waals surface area contributed by atoms with Crippen LogP contribution in [0.1, 0.15) is 76.7 Å². The monoisotopic (exact) mass is 527 g/mol. The molecule has 1 spiro atoms. The number of carbonyl (C=O) groups is 3. The van der Waals surface area contributed by atoms with E-state index in [-0.39, 0.29) is 35.1 Å². The minimum absolute atomic E-state index is 0.0352. The topological polar surface area (TPSA) is 98.7 Å². The van der Waals surface area contributed by atoms with Gasteiger partial charge in [-0.25, -0.2) is 0 Å². The number of aliphatic hydroxyl groups is 1. The molecule has 202 valence electrons. The maximum absolute atomic E-state index is 14.1. The summed E-state index contributed by atoms with van der Waals surface area (Å²) in [6, 6.07) is 9.46. The van der Waals surface area contributed by atoms with E-state index in [2.05, 4.69) is 17.6 Å². The number of hydrogen-bond donors (Lipinski definition) is 3. The SMILES string of the molecule is C[C@]12CCC3(S1)C(C(=O)NC1CCCCC1)N(CCCCCO)C(=O)[C@@H]3[C@H]2C(=O)NCc1ccccc1. The van der Waals surface area contributed by atoms with Crippen LogP contribution in [0, 0.1) is 11.8 Å². The van der Waals surface area contributed by atoms with Crippen LogP contribution < -0.4 is 10.6 Å². The van der Waals surface area contributed by atoms with Crippen molar-refractivity contribution < 1.29 is 19.5 Å². The standard InChI is InChI=1S/C29H41N3O4S/c1-28-15-16-29(37-28)23(22(28)25(34)30-19-20-11-5-2-6-12-20)27(36)32(17-9-4-10-18-33)24(29)26(35)31-21-13-7-3-8-14-21/h2,5-6,11-12,21-24,33H,3-4,7-10,13-19H2,1H3,(H,30,34)(H,31,35)/t22-,23-,24?,28+,29?/m0/s1. The Balaban J connectivity index is 1.39. The second-order valence-corrected chi connectivity index (χ2v) is 13.5. The average Bonchev–Trinajstić information content (AvgIpc) is 3.47. The molecular weight excluding hydrogens is 486 g/mol. The molecule has 3 amide bonds. The third-order valence-corrected chi connectivity index (χ3v) is 11.1. The molecule has 1 saturated carbocycles. The lowest BCUT2D eigenvalue weighted by Gasteiger charge is -2.36. The summed E-state index contributed by atoms with van der Waals surface area (Å²) in [4.78, 5) is 43.5. The smallest absolute Gasteiger partial charge is 0.244 e. The first-order chi connectivity index (χ1) is 17.9. The number of hydrogen-bond acceptors (Lipinski definition) is 5. The molecule has 2 unspecified atom stereocenters. The van der Waals surface area contributed by atoms with Crippen LogP contribution in [0.3, 0.4) is 0 Å². The van der Waals surface area contributed by atoms with Crippen LogP contribution in [0.2, 0.25) is 0 Å². The Hall–Kier alpha value is -2.06. The van der Waals surface area contributed by atoms with Gasteiger partial charge in [-0.1, -0.05) is 49.6 Å². The summed E-state index contributed by atoms with van der Waals surface area (Å²) in [5.74, 6) is -1.08. The Morgan fingerprint density at radius 2 is 1.81 bits per heavy atom. The van der Waals surface area contributed by atoms with Gasteiger partial charge in [-0.2, -0.15) is 0 Å². The Morgan fingerprint density at radius 3 is 2.54 bits per heavy atom. The van der Waals surface area contributed by atoms with Crippen molar-refractivity contribution in [3.63, 3.8) is 0 Å². The molecule has 4 aliphatic rings. The van der Waals surface area contributed by atoms with Crippen molar-refractivity contribution in [1.29, 1.82) is 0 Å². The lowest BCUT2D eigenvalue weighted by Crippen LogP contribution is -2.55. The number of fused-ring (bicyclic) bond motifs is 1. The summed E-state index contributed by atoms with van der Waals surface area (Å²) in [6.07, 6.45) is 9.31. The van der Waals surface area contributed by atoms with E-state index in [9.17, 15) is 19.5 Å². The van der Waals surface area contributed by atoms with Gasteiger partial charge in [0.15, 0.2) is 0 Å². The fraction of sp³-hybridized carbons (Fsp3) is 0.690. The van der Waals surface area contributed by atoms with Crippen molar-refractivity contribution in [2.75, 3.05) is 13.2 Å². The number of carbonyl (C=O) groups excluding carboxylic acids is 3. The van der Waals surface area contributed by atoms with Crippen molar-refractivity contribution in [3.05, 3.63) is 35.9 Å². The van der Waals surface area contributed by atoms with Crippen molar-refractivity contribution in [1.82, 2.24) is 15.5 Å². The molecule has 3 N–H and O–H groups in total. The Bertz CT molecular complexity index is 1000. The molecule has 5 rings (SSSR count). The highest BCUT2D eigenvalue weighted by Crippen LogP contribution is 2.71. The summed E-state index contributed by atoms with van der Waals surface area (Å²) >= 11 is 1.74. The maximum Gasteiger partial charge on any atom is 0.244 e. The summed E-state index contributed by atoms with van der Waals surface area (Å²) in [5, 5.41) is 15.6. The number of amides is 3. The van der Waals surface area contributed by atoms with E-state index in [1.807, 2.05) is 30.3 Å².